The third kappa shape index (κ3) is 3.78. The highest BCUT2D eigenvalue weighted by Crippen LogP contribution is 2.03. The van der Waals surface area contributed by atoms with Gasteiger partial charge in [0.05, 0.1) is 16.3 Å². The molecule has 0 saturated carbocycles. The van der Waals surface area contributed by atoms with Crippen LogP contribution in [0.15, 0.2) is 0 Å². The van der Waals surface area contributed by atoms with Crippen LogP contribution in [0.1, 0.15) is 12.8 Å². The Morgan fingerprint density at radius 3 is 2.00 bits per heavy atom. The number of carbonyl (C=O) groups is 1. The minimum atomic E-state index is -1.89. The van der Waals surface area contributed by atoms with E-state index in [9.17, 15) is 25.0 Å². The van der Waals surface area contributed by atoms with Gasteiger partial charge in [-0.1, -0.05) is 0 Å². The van der Waals surface area contributed by atoms with Gasteiger partial charge in [0.25, 0.3) is 0 Å². The fraction of sp³-hybridized carbons (Fsp3) is 0.833. The molecule has 0 heterocycles. The number of carbonyl (C=O) groups excluding carboxylic acids is 1. The smallest absolute Gasteiger partial charge is 0.349 e. The van der Waals surface area contributed by atoms with E-state index in [1.54, 1.807) is 0 Å². The lowest BCUT2D eigenvalue weighted by molar-refractivity contribution is -0.742. The van der Waals surface area contributed by atoms with Crippen LogP contribution in [0.5, 0.6) is 0 Å². The average Bonchev–Trinajstić information content (AvgIpc) is 2.02. The molecule has 0 saturated heterocycles. The maximum Gasteiger partial charge on any atom is 0.451 e. The van der Waals surface area contributed by atoms with E-state index in [2.05, 4.69) is 0 Å². The van der Waals surface area contributed by atoms with Crippen molar-refractivity contribution in [3.63, 3.8) is 0 Å². The Morgan fingerprint density at radius 1 is 1.29 bits per heavy atom. The van der Waals surface area contributed by atoms with E-state index in [4.69, 9.17) is 0 Å². The molecule has 0 aromatic rings. The van der Waals surface area contributed by atoms with Crippen molar-refractivity contribution in [3.8, 4) is 0 Å². The predicted molar refractivity (Wildman–Crippen MR) is 45.7 cm³/mol. The first-order chi connectivity index (χ1) is 6.36. The van der Waals surface area contributed by atoms with Crippen molar-refractivity contribution >= 4 is 5.91 Å². The monoisotopic (exact) mass is 205 g/mol. The van der Waals surface area contributed by atoms with E-state index < -0.39 is 16.0 Å². The van der Waals surface area contributed by atoms with Crippen molar-refractivity contribution in [1.29, 1.82) is 0 Å². The van der Waals surface area contributed by atoms with Gasteiger partial charge in [-0.3, -0.25) is 25.0 Å². The van der Waals surface area contributed by atoms with E-state index in [0.717, 1.165) is 0 Å². The molecule has 80 valence electrons. The summed E-state index contributed by atoms with van der Waals surface area (Å²) in [5, 5.41) is 20.3. The van der Waals surface area contributed by atoms with Gasteiger partial charge >= 0.3 is 6.17 Å². The van der Waals surface area contributed by atoms with Crippen molar-refractivity contribution in [3.05, 3.63) is 20.2 Å². The van der Waals surface area contributed by atoms with Crippen LogP contribution in [-0.2, 0) is 4.79 Å². The molecule has 0 rings (SSSR count). The molecular weight excluding hydrogens is 194 g/mol. The Labute approximate surface area is 79.8 Å². The summed E-state index contributed by atoms with van der Waals surface area (Å²) in [4.78, 5) is 30.5. The van der Waals surface area contributed by atoms with Gasteiger partial charge in [-0.25, -0.2) is 0 Å². The van der Waals surface area contributed by atoms with Gasteiger partial charge in [-0.05, 0) is 0 Å². The standard InChI is InChI=1S/C6H11N3O5/c1-7(2)6(10)4-3-5(8(11)12)9(13)14/h5H,3-4H2,1-2H3. The molecule has 0 N–H and O–H groups in total. The SMILES string of the molecule is CN(C)C(=O)CCC([N+](=O)[O-])[N+](=O)[O-]. The quantitative estimate of drug-likeness (QED) is 0.349. The molecule has 8 nitrogen and oxygen atoms in total. The predicted octanol–water partition coefficient (Wildman–Crippen LogP) is -0.266. The Hall–Kier alpha value is -1.73. The molecule has 1 amide bonds. The highest BCUT2D eigenvalue weighted by atomic mass is 16.7. The normalized spacial score (nSPS) is 9.93. The van der Waals surface area contributed by atoms with E-state index in [-0.39, 0.29) is 18.7 Å². The Kier molecular flexibility index (Phi) is 4.47. The van der Waals surface area contributed by atoms with Crippen LogP contribution in [0.4, 0.5) is 0 Å². The number of nitro groups is 2. The second kappa shape index (κ2) is 5.10. The highest BCUT2D eigenvalue weighted by Gasteiger charge is 2.32. The zero-order valence-electron chi connectivity index (χ0n) is 7.87. The van der Waals surface area contributed by atoms with Crippen molar-refractivity contribution in [2.45, 2.75) is 19.0 Å². The second-order valence-corrected chi connectivity index (χ2v) is 2.88. The lowest BCUT2D eigenvalue weighted by Crippen LogP contribution is -2.31. The molecule has 0 aromatic carbocycles. The summed E-state index contributed by atoms with van der Waals surface area (Å²) in [6.45, 7) is 0. The third-order valence-electron chi connectivity index (χ3n) is 1.60. The van der Waals surface area contributed by atoms with Crippen LogP contribution < -0.4 is 0 Å². The average molecular weight is 205 g/mol. The van der Waals surface area contributed by atoms with Gasteiger partial charge in [0.15, 0.2) is 0 Å². The number of amides is 1. The number of rotatable bonds is 5. The minimum absolute atomic E-state index is 0.195. The van der Waals surface area contributed by atoms with Crippen LogP contribution in [0, 0.1) is 20.2 Å². The summed E-state index contributed by atoms with van der Waals surface area (Å²) < 4.78 is 0. The molecule has 0 spiro atoms. The zero-order valence-corrected chi connectivity index (χ0v) is 7.87. The van der Waals surface area contributed by atoms with Crippen molar-refractivity contribution in [1.82, 2.24) is 4.90 Å². The second-order valence-electron chi connectivity index (χ2n) is 2.88. The number of hydrogen-bond donors (Lipinski definition) is 0. The largest absolute Gasteiger partial charge is 0.451 e. The lowest BCUT2D eigenvalue weighted by Gasteiger charge is -2.09. The molecule has 14 heavy (non-hydrogen) atoms. The van der Waals surface area contributed by atoms with Gasteiger partial charge in [-0.2, -0.15) is 0 Å². The first-order valence-electron chi connectivity index (χ1n) is 3.83. The first-order valence-corrected chi connectivity index (χ1v) is 3.83. The fourth-order valence-corrected chi connectivity index (χ4v) is 0.764. The van der Waals surface area contributed by atoms with E-state index in [1.807, 2.05) is 0 Å². The van der Waals surface area contributed by atoms with Crippen LogP contribution in [0.25, 0.3) is 0 Å². The third-order valence-corrected chi connectivity index (χ3v) is 1.60. The van der Waals surface area contributed by atoms with E-state index >= 15 is 0 Å². The van der Waals surface area contributed by atoms with Crippen LogP contribution in [0.3, 0.4) is 0 Å². The molecule has 0 aliphatic carbocycles. The fourth-order valence-electron chi connectivity index (χ4n) is 0.764. The lowest BCUT2D eigenvalue weighted by atomic mass is 10.2. The summed E-state index contributed by atoms with van der Waals surface area (Å²) in [6.07, 6.45) is -2.46. The molecule has 0 aromatic heterocycles. The molecule has 0 radical (unpaired) electrons. The summed E-state index contributed by atoms with van der Waals surface area (Å²) in [7, 11) is 2.96. The molecule has 0 unspecified atom stereocenters. The molecule has 0 aliphatic heterocycles. The Balaban J connectivity index is 4.14. The molecule has 0 atom stereocenters. The van der Waals surface area contributed by atoms with Gasteiger partial charge in [0.1, 0.15) is 0 Å². The Morgan fingerprint density at radius 2 is 1.71 bits per heavy atom. The van der Waals surface area contributed by atoms with Crippen LogP contribution >= 0.6 is 0 Å². The van der Waals surface area contributed by atoms with Crippen molar-refractivity contribution in [2.24, 2.45) is 0 Å². The highest BCUT2D eigenvalue weighted by molar-refractivity contribution is 5.75. The van der Waals surface area contributed by atoms with Gasteiger partial charge in [0, 0.05) is 20.5 Å². The molecule has 0 bridgehead atoms. The van der Waals surface area contributed by atoms with Crippen LogP contribution in [-0.4, -0.2) is 40.9 Å². The van der Waals surface area contributed by atoms with Crippen molar-refractivity contribution < 1.29 is 14.6 Å². The van der Waals surface area contributed by atoms with E-state index in [1.165, 1.54) is 19.0 Å². The van der Waals surface area contributed by atoms with Gasteiger partial charge in [-0.15, -0.1) is 0 Å². The van der Waals surface area contributed by atoms with Crippen LogP contribution in [0.2, 0.25) is 0 Å². The molecule has 8 heteroatoms. The topological polar surface area (TPSA) is 107 Å². The van der Waals surface area contributed by atoms with Gasteiger partial charge in [0.2, 0.25) is 5.91 Å². The maximum atomic E-state index is 11.0. The van der Waals surface area contributed by atoms with Gasteiger partial charge < -0.3 is 4.90 Å². The Bertz CT molecular complexity index is 238. The summed E-state index contributed by atoms with van der Waals surface area (Å²) >= 11 is 0. The molecule has 0 fully saturated rings. The zero-order chi connectivity index (χ0) is 11.3. The maximum absolute atomic E-state index is 11.0. The molecule has 0 aliphatic rings. The first kappa shape index (κ1) is 12.3. The number of hydrogen-bond acceptors (Lipinski definition) is 5. The van der Waals surface area contributed by atoms with Crippen molar-refractivity contribution in [2.75, 3.05) is 14.1 Å². The number of nitrogens with zero attached hydrogens (tertiary/aromatic N) is 3. The summed E-state index contributed by atoms with van der Waals surface area (Å²) in [5.41, 5.74) is 0. The summed E-state index contributed by atoms with van der Waals surface area (Å²) in [5.74, 6) is -0.362. The minimum Gasteiger partial charge on any atom is -0.349 e. The molecular formula is C6H11N3O5. The van der Waals surface area contributed by atoms with E-state index in [0.29, 0.717) is 0 Å². The summed E-state index contributed by atoms with van der Waals surface area (Å²) in [6, 6.07) is 0.